The van der Waals surface area contributed by atoms with E-state index in [4.69, 9.17) is 0 Å². The van der Waals surface area contributed by atoms with Gasteiger partial charge in [0, 0.05) is 35.8 Å². The molecule has 0 atom stereocenters. The summed E-state index contributed by atoms with van der Waals surface area (Å²) in [5.41, 5.74) is 2.92. The molecule has 2 N–H and O–H groups in total. The Morgan fingerprint density at radius 2 is 1.77 bits per heavy atom. The first-order valence-corrected chi connectivity index (χ1v) is 14.0. The number of benzene rings is 2. The highest BCUT2D eigenvalue weighted by Crippen LogP contribution is 2.31. The first-order chi connectivity index (χ1) is 20.9. The highest BCUT2D eigenvalue weighted by atomic mass is 19.4. The number of hydrogen-bond donors (Lipinski definition) is 2. The number of nitrogens with one attached hydrogen (secondary N) is 2. The number of aliphatic imine (C=N–C) groups is 1. The third kappa shape index (κ3) is 11.3. The van der Waals surface area contributed by atoms with Crippen LogP contribution in [-0.4, -0.2) is 63.0 Å². The van der Waals surface area contributed by atoms with Crippen molar-refractivity contribution in [2.75, 3.05) is 40.1 Å². The molecule has 2 aromatic rings. The van der Waals surface area contributed by atoms with Crippen LogP contribution in [-0.2, 0) is 6.18 Å². The van der Waals surface area contributed by atoms with Crippen molar-refractivity contribution in [1.29, 1.82) is 0 Å². The van der Waals surface area contributed by atoms with Crippen molar-refractivity contribution >= 4 is 29.7 Å². The van der Waals surface area contributed by atoms with E-state index in [0.717, 1.165) is 28.8 Å². The van der Waals surface area contributed by atoms with Gasteiger partial charge >= 0.3 is 6.18 Å². The van der Waals surface area contributed by atoms with Crippen molar-refractivity contribution in [3.8, 4) is 0 Å². The topological polar surface area (TPSA) is 72.3 Å². The van der Waals surface area contributed by atoms with Crippen molar-refractivity contribution in [1.82, 2.24) is 15.2 Å². The van der Waals surface area contributed by atoms with Crippen molar-refractivity contribution < 1.29 is 18.0 Å². The molecule has 0 aliphatic carbocycles. The zero-order valence-corrected chi connectivity index (χ0v) is 26.3. The molecular weight excluding hydrogens is 565 g/mol. The molecule has 1 aliphatic heterocycles. The van der Waals surface area contributed by atoms with Crippen LogP contribution in [0.2, 0.25) is 0 Å². The monoisotopic (exact) mass is 606 g/mol. The van der Waals surface area contributed by atoms with Gasteiger partial charge < -0.3 is 15.5 Å². The van der Waals surface area contributed by atoms with Gasteiger partial charge in [0.05, 0.1) is 11.3 Å². The minimum Gasteiger partial charge on any atom is -0.322 e. The lowest BCUT2D eigenvalue weighted by atomic mass is 10.1. The standard InChI is InChI=1S/C31H32F3N5O.C3H9N/c1-5-10-23(17-22(6-2)21-35-4)18-29-36-16-15-28(39(29)37-7-3)24-11-9-14-27(20-24)38-30(40)25-12-8-13-26(19-25)31(32,33)34;1-4(2)3/h5-20,35H,21H2,1-4H3,(H,38,40);1-3H3/b10-5+,22-6+,23-17+,29-18+,37-7-;. The third-order valence-corrected chi connectivity index (χ3v) is 5.74. The fourth-order valence-corrected chi connectivity index (χ4v) is 3.92. The molecule has 0 radical (unpaired) electrons. The van der Waals surface area contributed by atoms with E-state index >= 15 is 0 Å². The largest absolute Gasteiger partial charge is 0.416 e. The molecule has 44 heavy (non-hydrogen) atoms. The summed E-state index contributed by atoms with van der Waals surface area (Å²) in [6.07, 6.45) is 10.5. The maximum atomic E-state index is 13.1. The van der Waals surface area contributed by atoms with Crippen LogP contribution in [0.3, 0.4) is 0 Å². The molecule has 1 amide bonds. The number of alkyl halides is 3. The maximum absolute atomic E-state index is 13.1. The first-order valence-electron chi connectivity index (χ1n) is 14.0. The van der Waals surface area contributed by atoms with Crippen molar-refractivity contribution in [2.24, 2.45) is 10.1 Å². The fourth-order valence-electron chi connectivity index (χ4n) is 3.92. The van der Waals surface area contributed by atoms with Gasteiger partial charge in [-0.25, -0.2) is 10.0 Å². The van der Waals surface area contributed by atoms with Crippen LogP contribution in [0.1, 0.15) is 42.3 Å². The van der Waals surface area contributed by atoms with Gasteiger partial charge in [-0.1, -0.05) is 42.5 Å². The molecule has 0 unspecified atom stereocenters. The predicted octanol–water partition coefficient (Wildman–Crippen LogP) is 7.38. The number of rotatable bonds is 9. The van der Waals surface area contributed by atoms with E-state index in [1.807, 2.05) is 77.3 Å². The zero-order chi connectivity index (χ0) is 32.7. The van der Waals surface area contributed by atoms with Gasteiger partial charge in [-0.3, -0.25) is 4.79 Å². The van der Waals surface area contributed by atoms with Crippen LogP contribution >= 0.6 is 0 Å². The Labute approximate surface area is 258 Å². The number of anilines is 1. The highest BCUT2D eigenvalue weighted by Gasteiger charge is 2.31. The van der Waals surface area contributed by atoms with E-state index in [1.165, 1.54) is 12.1 Å². The van der Waals surface area contributed by atoms with Crippen LogP contribution in [0.15, 0.2) is 112 Å². The number of carbonyl (C=O) groups is 1. The number of nitrogens with zero attached hydrogens (tertiary/aromatic N) is 4. The van der Waals surface area contributed by atoms with Gasteiger partial charge in [0.2, 0.25) is 0 Å². The molecule has 0 bridgehead atoms. The average molecular weight is 607 g/mol. The Balaban J connectivity index is 0.00000159. The molecule has 0 saturated heterocycles. The number of halogens is 3. The van der Waals surface area contributed by atoms with E-state index in [9.17, 15) is 18.0 Å². The van der Waals surface area contributed by atoms with Crippen LogP contribution in [0.25, 0.3) is 5.70 Å². The smallest absolute Gasteiger partial charge is 0.322 e. The quantitative estimate of drug-likeness (QED) is 0.231. The summed E-state index contributed by atoms with van der Waals surface area (Å²) in [5, 5.41) is 12.1. The Morgan fingerprint density at radius 1 is 1.07 bits per heavy atom. The highest BCUT2D eigenvalue weighted by molar-refractivity contribution is 6.04. The molecular formula is C34H41F3N6O. The Bertz CT molecular complexity index is 1480. The molecule has 7 nitrogen and oxygen atoms in total. The number of hydrazone groups is 1. The summed E-state index contributed by atoms with van der Waals surface area (Å²) in [7, 11) is 7.89. The van der Waals surface area contributed by atoms with E-state index in [0.29, 0.717) is 23.8 Å². The van der Waals surface area contributed by atoms with E-state index in [2.05, 4.69) is 26.8 Å². The van der Waals surface area contributed by atoms with Gasteiger partial charge in [-0.15, -0.1) is 0 Å². The molecule has 3 rings (SSSR count). The molecule has 10 heteroatoms. The van der Waals surface area contributed by atoms with Crippen LogP contribution in [0.4, 0.5) is 18.9 Å². The van der Waals surface area contributed by atoms with Gasteiger partial charge in [0.25, 0.3) is 5.91 Å². The summed E-state index contributed by atoms with van der Waals surface area (Å²) in [4.78, 5) is 19.3. The molecule has 1 aliphatic rings. The second kappa shape index (κ2) is 17.5. The SMILES string of the molecule is C/C=N\N1C(c2cccc(NC(=O)c3cccc(C(F)(F)F)c3)c2)=CC=N\C1=C/C(/C=C/C)=C/C(=C\C)CNC.CN(C)C. The third-order valence-electron chi connectivity index (χ3n) is 5.74. The van der Waals surface area contributed by atoms with Crippen LogP contribution in [0, 0.1) is 0 Å². The number of carbonyl (C=O) groups excluding carboxylic acids is 1. The zero-order valence-electron chi connectivity index (χ0n) is 26.3. The minimum absolute atomic E-state index is 0.0891. The van der Waals surface area contributed by atoms with Gasteiger partial charge in [0.1, 0.15) is 0 Å². The summed E-state index contributed by atoms with van der Waals surface area (Å²) in [6, 6.07) is 11.3. The minimum atomic E-state index is -4.54. The van der Waals surface area contributed by atoms with Gasteiger partial charge in [0.15, 0.2) is 5.82 Å². The molecule has 2 aromatic carbocycles. The number of amides is 1. The van der Waals surface area contributed by atoms with Crippen molar-refractivity contribution in [2.45, 2.75) is 26.9 Å². The van der Waals surface area contributed by atoms with Crippen molar-refractivity contribution in [3.05, 3.63) is 119 Å². The molecule has 0 spiro atoms. The van der Waals surface area contributed by atoms with E-state index in [-0.39, 0.29) is 5.56 Å². The summed E-state index contributed by atoms with van der Waals surface area (Å²) >= 11 is 0. The number of likely N-dealkylation sites (N-methyl/N-ethyl adjacent to an activating group) is 1. The predicted molar refractivity (Wildman–Crippen MR) is 177 cm³/mol. The summed E-state index contributed by atoms with van der Waals surface area (Å²) in [5.74, 6) is -0.0628. The lowest BCUT2D eigenvalue weighted by Gasteiger charge is -2.25. The van der Waals surface area contributed by atoms with Gasteiger partial charge in [-0.05, 0) is 103 Å². The van der Waals surface area contributed by atoms with E-state index in [1.54, 1.807) is 48.6 Å². The molecule has 0 saturated carbocycles. The van der Waals surface area contributed by atoms with Gasteiger partial charge in [-0.2, -0.15) is 18.3 Å². The Hall–Kier alpha value is -4.54. The molecule has 1 heterocycles. The Morgan fingerprint density at radius 3 is 2.39 bits per heavy atom. The normalized spacial score (nSPS) is 15.2. The van der Waals surface area contributed by atoms with Crippen LogP contribution < -0.4 is 10.6 Å². The first kappa shape index (κ1) is 35.7. The van der Waals surface area contributed by atoms with E-state index < -0.39 is 17.6 Å². The number of allylic oxidation sites excluding steroid dienone is 6. The lowest BCUT2D eigenvalue weighted by molar-refractivity contribution is -0.137. The second-order valence-corrected chi connectivity index (χ2v) is 10.0. The Kier molecular flexibility index (Phi) is 14.2. The lowest BCUT2D eigenvalue weighted by Crippen LogP contribution is -2.18. The van der Waals surface area contributed by atoms with Crippen molar-refractivity contribution in [3.63, 3.8) is 0 Å². The fraction of sp³-hybridized carbons (Fsp3) is 0.265. The summed E-state index contributed by atoms with van der Waals surface area (Å²) < 4.78 is 39.3. The van der Waals surface area contributed by atoms with Crippen LogP contribution in [0.5, 0.6) is 0 Å². The molecule has 0 fully saturated rings. The number of hydrogen-bond acceptors (Lipinski definition) is 6. The maximum Gasteiger partial charge on any atom is 0.416 e. The summed E-state index contributed by atoms with van der Waals surface area (Å²) in [6.45, 7) is 6.43. The molecule has 234 valence electrons. The molecule has 0 aromatic heterocycles. The average Bonchev–Trinajstić information content (AvgIpc) is 2.97. The second-order valence-electron chi connectivity index (χ2n) is 10.0.